The van der Waals surface area contributed by atoms with Crippen molar-refractivity contribution in [3.05, 3.63) is 27.6 Å². The zero-order valence-electron chi connectivity index (χ0n) is 6.14. The van der Waals surface area contributed by atoms with Crippen molar-refractivity contribution < 1.29 is 0 Å². The van der Waals surface area contributed by atoms with Gasteiger partial charge in [0.05, 0.1) is 23.2 Å². The molecule has 12 heavy (non-hydrogen) atoms. The van der Waals surface area contributed by atoms with Gasteiger partial charge in [-0.3, -0.25) is 0 Å². The molecule has 1 N–H and O–H groups in total. The van der Waals surface area contributed by atoms with Crippen LogP contribution in [0, 0.1) is 3.57 Å². The van der Waals surface area contributed by atoms with E-state index in [4.69, 9.17) is 11.6 Å². The van der Waals surface area contributed by atoms with Crippen molar-refractivity contribution >= 4 is 45.2 Å². The molecule has 0 atom stereocenters. The number of aromatic amines is 1. The number of nitrogens with zero attached hydrogens (tertiary/aromatic N) is 1. The summed E-state index contributed by atoms with van der Waals surface area (Å²) in [5.41, 5.74) is 3.14. The van der Waals surface area contributed by atoms with Crippen molar-refractivity contribution in [2.24, 2.45) is 0 Å². The van der Waals surface area contributed by atoms with Gasteiger partial charge >= 0.3 is 0 Å². The number of imidazole rings is 1. The number of hydrogen-bond donors (Lipinski definition) is 1. The number of aromatic nitrogens is 2. The molecule has 1 aromatic carbocycles. The van der Waals surface area contributed by atoms with Crippen molar-refractivity contribution in [1.82, 2.24) is 9.97 Å². The van der Waals surface area contributed by atoms with Gasteiger partial charge < -0.3 is 4.98 Å². The van der Waals surface area contributed by atoms with E-state index in [9.17, 15) is 0 Å². The molecule has 2 aromatic rings. The second kappa shape index (κ2) is 3.22. The first-order chi connectivity index (χ1) is 5.83. The highest BCUT2D eigenvalue weighted by Gasteiger charge is 2.05. The normalized spacial score (nSPS) is 10.8. The molecule has 0 unspecified atom stereocenters. The van der Waals surface area contributed by atoms with Gasteiger partial charge in [-0.25, -0.2) is 4.98 Å². The second-order valence-corrected chi connectivity index (χ2v) is 3.89. The molecule has 0 saturated heterocycles. The van der Waals surface area contributed by atoms with Crippen LogP contribution in [0.3, 0.4) is 0 Å². The van der Waals surface area contributed by atoms with Crippen LogP contribution >= 0.6 is 34.2 Å². The molecule has 1 heterocycles. The van der Waals surface area contributed by atoms with Crippen molar-refractivity contribution in [3.8, 4) is 0 Å². The van der Waals surface area contributed by atoms with Gasteiger partial charge in [-0.15, -0.1) is 11.6 Å². The van der Waals surface area contributed by atoms with Gasteiger partial charge in [-0.2, -0.15) is 0 Å². The van der Waals surface area contributed by atoms with E-state index in [0.29, 0.717) is 5.88 Å². The SMILES string of the molecule is ClCc1c(I)ccc2[nH]cnc12. The Morgan fingerprint density at radius 3 is 3.08 bits per heavy atom. The van der Waals surface area contributed by atoms with Crippen molar-refractivity contribution in [2.45, 2.75) is 5.88 Å². The van der Waals surface area contributed by atoms with Gasteiger partial charge in [-0.05, 0) is 34.7 Å². The van der Waals surface area contributed by atoms with Crippen molar-refractivity contribution in [1.29, 1.82) is 0 Å². The number of nitrogens with one attached hydrogen (secondary N) is 1. The maximum atomic E-state index is 5.81. The largest absolute Gasteiger partial charge is 0.345 e. The van der Waals surface area contributed by atoms with E-state index < -0.39 is 0 Å². The Kier molecular flexibility index (Phi) is 2.23. The molecule has 0 bridgehead atoms. The summed E-state index contributed by atoms with van der Waals surface area (Å²) < 4.78 is 1.17. The lowest BCUT2D eigenvalue weighted by Crippen LogP contribution is -1.86. The average molecular weight is 293 g/mol. The molecular weight excluding hydrogens is 286 g/mol. The van der Waals surface area contributed by atoms with E-state index in [1.54, 1.807) is 6.33 Å². The molecule has 0 amide bonds. The molecular formula is C8H6ClIN2. The minimum atomic E-state index is 0.514. The molecule has 0 aliphatic heterocycles. The first-order valence-electron chi connectivity index (χ1n) is 3.49. The number of halogens is 2. The summed E-state index contributed by atoms with van der Waals surface area (Å²) in [6.45, 7) is 0. The van der Waals surface area contributed by atoms with Crippen LogP contribution in [-0.2, 0) is 5.88 Å². The van der Waals surface area contributed by atoms with E-state index >= 15 is 0 Å². The van der Waals surface area contributed by atoms with Crippen LogP contribution in [0.25, 0.3) is 11.0 Å². The zero-order valence-corrected chi connectivity index (χ0v) is 9.06. The van der Waals surface area contributed by atoms with E-state index in [2.05, 4.69) is 32.6 Å². The first-order valence-corrected chi connectivity index (χ1v) is 5.10. The average Bonchev–Trinajstić information content (AvgIpc) is 2.52. The lowest BCUT2D eigenvalue weighted by Gasteiger charge is -1.99. The van der Waals surface area contributed by atoms with Crippen LogP contribution in [0.5, 0.6) is 0 Å². The number of rotatable bonds is 1. The standard InChI is InChI=1S/C8H6ClIN2/c9-3-5-6(10)1-2-7-8(5)12-4-11-7/h1-2,4H,3H2,(H,11,12). The highest BCUT2D eigenvalue weighted by molar-refractivity contribution is 14.1. The number of benzene rings is 1. The summed E-state index contributed by atoms with van der Waals surface area (Å²) in [6.07, 6.45) is 1.69. The van der Waals surface area contributed by atoms with Crippen LogP contribution in [0.1, 0.15) is 5.56 Å². The monoisotopic (exact) mass is 292 g/mol. The second-order valence-electron chi connectivity index (χ2n) is 2.46. The number of H-pyrrole nitrogens is 1. The molecule has 4 heteroatoms. The number of fused-ring (bicyclic) bond motifs is 1. The Morgan fingerprint density at radius 2 is 2.33 bits per heavy atom. The molecule has 0 aliphatic rings. The highest BCUT2D eigenvalue weighted by Crippen LogP contribution is 2.22. The molecule has 0 spiro atoms. The Bertz CT molecular complexity index is 410. The summed E-state index contributed by atoms with van der Waals surface area (Å²) in [6, 6.07) is 4.05. The van der Waals surface area contributed by atoms with E-state index in [0.717, 1.165) is 16.6 Å². The summed E-state index contributed by atoms with van der Waals surface area (Å²) >= 11 is 8.08. The quantitative estimate of drug-likeness (QED) is 0.635. The first kappa shape index (κ1) is 8.31. The van der Waals surface area contributed by atoms with E-state index in [-0.39, 0.29) is 0 Å². The molecule has 0 aliphatic carbocycles. The number of alkyl halides is 1. The minimum Gasteiger partial charge on any atom is -0.345 e. The number of hydrogen-bond acceptors (Lipinski definition) is 1. The van der Waals surface area contributed by atoms with Crippen molar-refractivity contribution in [2.75, 3.05) is 0 Å². The Balaban J connectivity index is 2.83. The summed E-state index contributed by atoms with van der Waals surface area (Å²) in [7, 11) is 0. The van der Waals surface area contributed by atoms with Gasteiger partial charge in [0.25, 0.3) is 0 Å². The third kappa shape index (κ3) is 1.21. The summed E-state index contributed by atoms with van der Waals surface area (Å²) in [5.74, 6) is 0.514. The lowest BCUT2D eigenvalue weighted by atomic mass is 10.2. The summed E-state index contributed by atoms with van der Waals surface area (Å²) in [5, 5.41) is 0. The third-order valence-corrected chi connectivity index (χ3v) is 3.05. The Morgan fingerprint density at radius 1 is 1.50 bits per heavy atom. The smallest absolute Gasteiger partial charge is 0.0937 e. The Labute approximate surface area is 88.5 Å². The predicted octanol–water partition coefficient (Wildman–Crippen LogP) is 2.91. The maximum absolute atomic E-state index is 5.81. The molecule has 0 saturated carbocycles. The molecule has 62 valence electrons. The molecule has 2 rings (SSSR count). The molecule has 0 radical (unpaired) electrons. The molecule has 0 fully saturated rings. The van der Waals surface area contributed by atoms with Crippen LogP contribution in [-0.4, -0.2) is 9.97 Å². The van der Waals surface area contributed by atoms with Crippen LogP contribution in [0.15, 0.2) is 18.5 Å². The fourth-order valence-corrected chi connectivity index (χ4v) is 2.29. The maximum Gasteiger partial charge on any atom is 0.0937 e. The van der Waals surface area contributed by atoms with Crippen LogP contribution < -0.4 is 0 Å². The van der Waals surface area contributed by atoms with Gasteiger partial charge in [0, 0.05) is 9.13 Å². The highest BCUT2D eigenvalue weighted by atomic mass is 127. The fourth-order valence-electron chi connectivity index (χ4n) is 1.17. The van der Waals surface area contributed by atoms with Crippen molar-refractivity contribution in [3.63, 3.8) is 0 Å². The molecule has 2 nitrogen and oxygen atoms in total. The van der Waals surface area contributed by atoms with Gasteiger partial charge in [-0.1, -0.05) is 0 Å². The topological polar surface area (TPSA) is 28.7 Å². The lowest BCUT2D eigenvalue weighted by molar-refractivity contribution is 1.32. The van der Waals surface area contributed by atoms with Gasteiger partial charge in [0.1, 0.15) is 0 Å². The van der Waals surface area contributed by atoms with E-state index in [1.807, 2.05) is 12.1 Å². The van der Waals surface area contributed by atoms with Gasteiger partial charge in [0.15, 0.2) is 0 Å². The van der Waals surface area contributed by atoms with Gasteiger partial charge in [0.2, 0.25) is 0 Å². The van der Waals surface area contributed by atoms with Crippen LogP contribution in [0.2, 0.25) is 0 Å². The van der Waals surface area contributed by atoms with Crippen LogP contribution in [0.4, 0.5) is 0 Å². The fraction of sp³-hybridized carbons (Fsp3) is 0.125. The summed E-state index contributed by atoms with van der Waals surface area (Å²) in [4.78, 5) is 7.25. The predicted molar refractivity (Wildman–Crippen MR) is 58.4 cm³/mol. The minimum absolute atomic E-state index is 0.514. The molecule has 1 aromatic heterocycles. The van der Waals surface area contributed by atoms with E-state index in [1.165, 1.54) is 3.57 Å². The zero-order chi connectivity index (χ0) is 8.55. The third-order valence-electron chi connectivity index (χ3n) is 1.77. The Hall–Kier alpha value is -0.290.